The zero-order valence-electron chi connectivity index (χ0n) is 7.63. The number of rotatable bonds is 3. The molecule has 3 nitrogen and oxygen atoms in total. The number of thiophene rings is 1. The molecule has 0 unspecified atom stereocenters. The van der Waals surface area contributed by atoms with Gasteiger partial charge in [-0.15, -0.1) is 11.3 Å². The Morgan fingerprint density at radius 1 is 1.60 bits per heavy atom. The van der Waals surface area contributed by atoms with Gasteiger partial charge in [0, 0.05) is 11.0 Å². The highest BCUT2D eigenvalue weighted by atomic mass is 79.9. The van der Waals surface area contributed by atoms with Crippen LogP contribution in [0.1, 0.15) is 0 Å². The van der Waals surface area contributed by atoms with Gasteiger partial charge < -0.3 is 5.32 Å². The molecule has 0 aromatic carbocycles. The summed E-state index contributed by atoms with van der Waals surface area (Å²) in [5.74, 6) is 0.742. The Morgan fingerprint density at radius 3 is 3.13 bits per heavy atom. The maximum atomic E-state index is 5.81. The molecule has 0 aliphatic rings. The molecule has 2 heterocycles. The van der Waals surface area contributed by atoms with Gasteiger partial charge in [-0.3, -0.25) is 0 Å². The molecule has 6 heteroatoms. The van der Waals surface area contributed by atoms with Crippen LogP contribution in [0.5, 0.6) is 0 Å². The minimum absolute atomic E-state index is 0.257. The summed E-state index contributed by atoms with van der Waals surface area (Å²) in [4.78, 5) is 9.14. The Labute approximate surface area is 104 Å². The largest absolute Gasteiger partial charge is 0.365 e. The lowest BCUT2D eigenvalue weighted by Gasteiger charge is -2.05. The summed E-state index contributed by atoms with van der Waals surface area (Å²) in [7, 11) is 0. The number of fused-ring (bicyclic) bond motifs is 1. The normalized spacial score (nSPS) is 10.5. The van der Waals surface area contributed by atoms with Crippen molar-refractivity contribution >= 4 is 54.9 Å². The third-order valence-corrected chi connectivity index (χ3v) is 3.00. The van der Waals surface area contributed by atoms with Gasteiger partial charge in [-0.25, -0.2) is 9.97 Å². The second kappa shape index (κ2) is 4.47. The minimum Gasteiger partial charge on any atom is -0.365 e. The molecule has 78 valence electrons. The molecule has 0 spiro atoms. The van der Waals surface area contributed by atoms with Crippen LogP contribution in [-0.2, 0) is 0 Å². The van der Waals surface area contributed by atoms with Crippen LogP contribution in [0.25, 0.3) is 10.2 Å². The smallest absolute Gasteiger partial charge is 0.225 e. The average molecular weight is 305 g/mol. The number of halogens is 2. The first-order valence-electron chi connectivity index (χ1n) is 4.14. The predicted molar refractivity (Wildman–Crippen MR) is 69.0 cm³/mol. The van der Waals surface area contributed by atoms with Crippen molar-refractivity contribution in [2.45, 2.75) is 0 Å². The molecule has 0 atom stereocenters. The number of hydrogen-bond donors (Lipinski definition) is 1. The van der Waals surface area contributed by atoms with Crippen LogP contribution in [0.4, 0.5) is 5.82 Å². The van der Waals surface area contributed by atoms with Gasteiger partial charge in [0.1, 0.15) is 10.6 Å². The van der Waals surface area contributed by atoms with E-state index in [-0.39, 0.29) is 5.28 Å². The van der Waals surface area contributed by atoms with Gasteiger partial charge in [0.15, 0.2) is 0 Å². The molecule has 0 fully saturated rings. The Kier molecular flexibility index (Phi) is 3.23. The molecule has 15 heavy (non-hydrogen) atoms. The van der Waals surface area contributed by atoms with Crippen molar-refractivity contribution in [2.75, 3.05) is 11.9 Å². The lowest BCUT2D eigenvalue weighted by Crippen LogP contribution is -2.03. The summed E-state index contributed by atoms with van der Waals surface area (Å²) < 4.78 is 0.862. The van der Waals surface area contributed by atoms with Crippen molar-refractivity contribution in [3.05, 3.63) is 27.8 Å². The fourth-order valence-corrected chi connectivity index (χ4v) is 2.27. The highest BCUT2D eigenvalue weighted by molar-refractivity contribution is 9.11. The van der Waals surface area contributed by atoms with E-state index in [1.54, 1.807) is 11.3 Å². The molecule has 0 bridgehead atoms. The van der Waals surface area contributed by atoms with E-state index < -0.39 is 0 Å². The number of hydrogen-bond acceptors (Lipinski definition) is 4. The quantitative estimate of drug-likeness (QED) is 0.879. The van der Waals surface area contributed by atoms with Crippen LogP contribution in [0.15, 0.2) is 22.5 Å². The van der Waals surface area contributed by atoms with Crippen molar-refractivity contribution in [1.82, 2.24) is 9.97 Å². The SMILES string of the molecule is C=C(Br)CNc1nc(Cl)nc2sccc12. The molecule has 1 N–H and O–H groups in total. The number of nitrogens with zero attached hydrogens (tertiary/aromatic N) is 2. The zero-order chi connectivity index (χ0) is 10.8. The Hall–Kier alpha value is -0.650. The Balaban J connectivity index is 2.39. The predicted octanol–water partition coefficient (Wildman–Crippen LogP) is 3.67. The van der Waals surface area contributed by atoms with Gasteiger partial charge in [-0.05, 0) is 23.0 Å². The van der Waals surface area contributed by atoms with E-state index in [1.165, 1.54) is 0 Å². The summed E-state index contributed by atoms with van der Waals surface area (Å²) >= 11 is 10.6. The van der Waals surface area contributed by atoms with Crippen molar-refractivity contribution in [1.29, 1.82) is 0 Å². The summed E-state index contributed by atoms with van der Waals surface area (Å²) in [5.41, 5.74) is 0. The van der Waals surface area contributed by atoms with Crippen molar-refractivity contribution in [2.24, 2.45) is 0 Å². The van der Waals surface area contributed by atoms with E-state index in [4.69, 9.17) is 11.6 Å². The van der Waals surface area contributed by atoms with Crippen LogP contribution >= 0.6 is 38.9 Å². The highest BCUT2D eigenvalue weighted by Gasteiger charge is 2.06. The molecule has 0 radical (unpaired) electrons. The maximum Gasteiger partial charge on any atom is 0.225 e. The fourth-order valence-electron chi connectivity index (χ4n) is 1.14. The Morgan fingerprint density at radius 2 is 2.40 bits per heavy atom. The molecule has 0 amide bonds. The molecule has 0 aliphatic carbocycles. The van der Waals surface area contributed by atoms with Crippen LogP contribution in [0.2, 0.25) is 5.28 Å². The molecule has 0 saturated heterocycles. The summed E-state index contributed by atoms with van der Waals surface area (Å²) in [6.45, 7) is 4.35. The van der Waals surface area contributed by atoms with Gasteiger partial charge >= 0.3 is 0 Å². The van der Waals surface area contributed by atoms with Crippen LogP contribution in [0, 0.1) is 0 Å². The third kappa shape index (κ3) is 2.48. The monoisotopic (exact) mass is 303 g/mol. The van der Waals surface area contributed by atoms with Crippen LogP contribution < -0.4 is 5.32 Å². The first-order chi connectivity index (χ1) is 7.16. The van der Waals surface area contributed by atoms with E-state index >= 15 is 0 Å². The summed E-state index contributed by atoms with van der Waals surface area (Å²) in [6, 6.07) is 1.97. The molecule has 2 rings (SSSR count). The van der Waals surface area contributed by atoms with Gasteiger partial charge in [0.2, 0.25) is 5.28 Å². The van der Waals surface area contributed by atoms with E-state index in [2.05, 4.69) is 37.8 Å². The van der Waals surface area contributed by atoms with Crippen LogP contribution in [-0.4, -0.2) is 16.5 Å². The van der Waals surface area contributed by atoms with Gasteiger partial charge in [0.25, 0.3) is 0 Å². The van der Waals surface area contributed by atoms with Crippen molar-refractivity contribution in [3.8, 4) is 0 Å². The van der Waals surface area contributed by atoms with Gasteiger partial charge in [-0.2, -0.15) is 0 Å². The minimum atomic E-state index is 0.257. The van der Waals surface area contributed by atoms with E-state index in [0.717, 1.165) is 20.5 Å². The maximum absolute atomic E-state index is 5.81. The first kappa shape index (κ1) is 10.9. The lowest BCUT2D eigenvalue weighted by atomic mass is 10.4. The van der Waals surface area contributed by atoms with E-state index in [0.29, 0.717) is 6.54 Å². The zero-order valence-corrected chi connectivity index (χ0v) is 10.8. The number of anilines is 1. The molecule has 0 aliphatic heterocycles. The molecule has 2 aromatic rings. The first-order valence-corrected chi connectivity index (χ1v) is 6.20. The van der Waals surface area contributed by atoms with E-state index in [1.807, 2.05) is 11.4 Å². The van der Waals surface area contributed by atoms with Gasteiger partial charge in [-0.1, -0.05) is 22.5 Å². The Bertz CT molecular complexity index is 511. The molecule has 2 aromatic heterocycles. The summed E-state index contributed by atoms with van der Waals surface area (Å²) in [6.07, 6.45) is 0. The fraction of sp³-hybridized carbons (Fsp3) is 0.111. The molecule has 0 saturated carbocycles. The van der Waals surface area contributed by atoms with E-state index in [9.17, 15) is 0 Å². The standard InChI is InChI=1S/C9H7BrClN3S/c1-5(10)4-12-7-6-2-3-15-8(6)14-9(11)13-7/h2-3H,1,4H2,(H,12,13,14). The van der Waals surface area contributed by atoms with Crippen molar-refractivity contribution in [3.63, 3.8) is 0 Å². The summed E-state index contributed by atoms with van der Waals surface area (Å²) in [5, 5.41) is 6.34. The second-order valence-corrected chi connectivity index (χ2v) is 5.21. The topological polar surface area (TPSA) is 37.8 Å². The van der Waals surface area contributed by atoms with Crippen LogP contribution in [0.3, 0.4) is 0 Å². The van der Waals surface area contributed by atoms with Gasteiger partial charge in [0.05, 0.1) is 5.39 Å². The number of nitrogens with one attached hydrogen (secondary N) is 1. The molecular formula is C9H7BrClN3S. The second-order valence-electron chi connectivity index (χ2n) is 2.85. The molecular weight excluding hydrogens is 298 g/mol. The number of aromatic nitrogens is 2. The average Bonchev–Trinajstić information content (AvgIpc) is 2.61. The third-order valence-electron chi connectivity index (χ3n) is 1.75. The highest BCUT2D eigenvalue weighted by Crippen LogP contribution is 2.26. The lowest BCUT2D eigenvalue weighted by molar-refractivity contribution is 1.19. The van der Waals surface area contributed by atoms with Crippen molar-refractivity contribution < 1.29 is 0 Å².